The molecular formula is C30H36FN3O4S. The molecule has 0 unspecified atom stereocenters. The molecule has 2 amide bonds. The molecule has 0 heterocycles. The van der Waals surface area contributed by atoms with Crippen molar-refractivity contribution >= 4 is 27.5 Å². The second kappa shape index (κ2) is 12.9. The van der Waals surface area contributed by atoms with Crippen LogP contribution in [0.4, 0.5) is 10.1 Å². The van der Waals surface area contributed by atoms with Crippen molar-refractivity contribution in [2.24, 2.45) is 0 Å². The van der Waals surface area contributed by atoms with Crippen molar-refractivity contribution in [1.29, 1.82) is 0 Å². The highest BCUT2D eigenvalue weighted by molar-refractivity contribution is 7.92. The smallest absolute Gasteiger partial charge is 0.264 e. The molecule has 208 valence electrons. The third kappa shape index (κ3) is 7.44. The highest BCUT2D eigenvalue weighted by Crippen LogP contribution is 2.26. The fraction of sp³-hybridized carbons (Fsp3) is 0.333. The van der Waals surface area contributed by atoms with Gasteiger partial charge in [0.05, 0.1) is 10.6 Å². The average molecular weight is 554 g/mol. The van der Waals surface area contributed by atoms with E-state index in [-0.39, 0.29) is 23.0 Å². The van der Waals surface area contributed by atoms with Crippen LogP contribution in [0.3, 0.4) is 0 Å². The first-order valence-corrected chi connectivity index (χ1v) is 14.4. The van der Waals surface area contributed by atoms with Crippen molar-refractivity contribution in [1.82, 2.24) is 10.2 Å². The number of hydrogen-bond acceptors (Lipinski definition) is 4. The summed E-state index contributed by atoms with van der Waals surface area (Å²) >= 11 is 0. The molecule has 0 bridgehead atoms. The summed E-state index contributed by atoms with van der Waals surface area (Å²) in [6, 6.07) is 18.1. The van der Waals surface area contributed by atoms with E-state index in [9.17, 15) is 22.4 Å². The zero-order chi connectivity index (χ0) is 28.7. The SMILES string of the molecule is CC[C@H](C)NC(=O)[C@H](C)N(Cc1ccccc1F)C(=O)CN(c1cccc(C)c1)S(=O)(=O)c1ccc(C)cc1. The molecule has 0 spiro atoms. The Balaban J connectivity index is 2.04. The Labute approximate surface area is 230 Å². The lowest BCUT2D eigenvalue weighted by Crippen LogP contribution is -2.52. The molecule has 9 heteroatoms. The molecule has 3 aromatic carbocycles. The van der Waals surface area contributed by atoms with Crippen molar-refractivity contribution in [3.8, 4) is 0 Å². The van der Waals surface area contributed by atoms with E-state index < -0.39 is 40.2 Å². The lowest BCUT2D eigenvalue weighted by atomic mass is 10.1. The van der Waals surface area contributed by atoms with Gasteiger partial charge in [0, 0.05) is 18.2 Å². The van der Waals surface area contributed by atoms with Crippen molar-refractivity contribution in [3.05, 3.63) is 95.3 Å². The van der Waals surface area contributed by atoms with Crippen molar-refractivity contribution in [2.45, 2.75) is 64.6 Å². The number of nitrogens with zero attached hydrogens (tertiary/aromatic N) is 2. The molecule has 2 atom stereocenters. The van der Waals surface area contributed by atoms with E-state index in [1.807, 2.05) is 33.8 Å². The van der Waals surface area contributed by atoms with E-state index in [0.29, 0.717) is 12.1 Å². The quantitative estimate of drug-likeness (QED) is 0.363. The zero-order valence-corrected chi connectivity index (χ0v) is 23.8. The van der Waals surface area contributed by atoms with E-state index in [4.69, 9.17) is 0 Å². The minimum Gasteiger partial charge on any atom is -0.352 e. The molecule has 0 aromatic heterocycles. The van der Waals surface area contributed by atoms with Crippen molar-refractivity contribution in [2.75, 3.05) is 10.8 Å². The lowest BCUT2D eigenvalue weighted by molar-refractivity contribution is -0.139. The van der Waals surface area contributed by atoms with Gasteiger partial charge in [-0.15, -0.1) is 0 Å². The number of carbonyl (C=O) groups excluding carboxylic acids is 2. The summed E-state index contributed by atoms with van der Waals surface area (Å²) in [5.74, 6) is -1.56. The van der Waals surface area contributed by atoms with Crippen LogP contribution in [0.15, 0.2) is 77.7 Å². The highest BCUT2D eigenvalue weighted by atomic mass is 32.2. The van der Waals surface area contributed by atoms with Crippen molar-refractivity contribution < 1.29 is 22.4 Å². The molecule has 3 rings (SSSR count). The summed E-state index contributed by atoms with van der Waals surface area (Å²) in [4.78, 5) is 28.2. The fourth-order valence-corrected chi connectivity index (χ4v) is 5.41. The Kier molecular flexibility index (Phi) is 9.86. The van der Waals surface area contributed by atoms with Gasteiger partial charge in [0.15, 0.2) is 0 Å². The largest absolute Gasteiger partial charge is 0.352 e. The molecule has 1 N–H and O–H groups in total. The van der Waals surface area contributed by atoms with Gasteiger partial charge in [-0.3, -0.25) is 13.9 Å². The Morgan fingerprint density at radius 3 is 2.21 bits per heavy atom. The second-order valence-electron chi connectivity index (χ2n) is 9.77. The predicted octanol–water partition coefficient (Wildman–Crippen LogP) is 4.97. The number of hydrogen-bond donors (Lipinski definition) is 1. The van der Waals surface area contributed by atoms with Crippen LogP contribution in [0.2, 0.25) is 0 Å². The predicted molar refractivity (Wildman–Crippen MR) is 151 cm³/mol. The number of aryl methyl sites for hydroxylation is 2. The minimum absolute atomic E-state index is 0.0330. The van der Waals surface area contributed by atoms with Gasteiger partial charge in [-0.25, -0.2) is 12.8 Å². The number of sulfonamides is 1. The van der Waals surface area contributed by atoms with E-state index >= 15 is 0 Å². The van der Waals surface area contributed by atoms with Gasteiger partial charge in [0.2, 0.25) is 11.8 Å². The van der Waals surface area contributed by atoms with Crippen molar-refractivity contribution in [3.63, 3.8) is 0 Å². The van der Waals surface area contributed by atoms with Gasteiger partial charge in [-0.05, 0) is 70.0 Å². The van der Waals surface area contributed by atoms with Crippen LogP contribution in [0.25, 0.3) is 0 Å². The van der Waals surface area contributed by atoms with E-state index in [0.717, 1.165) is 15.4 Å². The number of rotatable bonds is 11. The standard InChI is InChI=1S/C30H36FN3O4S/c1-6-23(4)32-30(36)24(5)33(19-25-11-7-8-13-28(25)31)29(35)20-34(26-12-9-10-22(3)18-26)39(37,38)27-16-14-21(2)15-17-27/h7-18,23-24H,6,19-20H2,1-5H3,(H,32,36)/t23-,24-/m0/s1. The highest BCUT2D eigenvalue weighted by Gasteiger charge is 2.33. The van der Waals surface area contributed by atoms with Gasteiger partial charge in [-0.1, -0.05) is 55.0 Å². The van der Waals surface area contributed by atoms with Gasteiger partial charge in [0.1, 0.15) is 18.4 Å². The summed E-state index contributed by atoms with van der Waals surface area (Å²) in [6.07, 6.45) is 0.690. The number of carbonyl (C=O) groups is 2. The van der Waals surface area contributed by atoms with E-state index in [2.05, 4.69) is 5.32 Å². The summed E-state index contributed by atoms with van der Waals surface area (Å²) < 4.78 is 43.3. The molecule has 0 saturated carbocycles. The maximum Gasteiger partial charge on any atom is 0.264 e. The first-order chi connectivity index (χ1) is 18.4. The first-order valence-electron chi connectivity index (χ1n) is 12.9. The number of anilines is 1. The van der Waals surface area contributed by atoms with Crippen LogP contribution in [0, 0.1) is 19.7 Å². The fourth-order valence-electron chi connectivity index (χ4n) is 4.01. The molecule has 3 aromatic rings. The normalized spacial score (nSPS) is 12.9. The molecule has 0 saturated heterocycles. The molecule has 7 nitrogen and oxygen atoms in total. The van der Waals surface area contributed by atoms with Gasteiger partial charge < -0.3 is 10.2 Å². The summed E-state index contributed by atoms with van der Waals surface area (Å²) in [7, 11) is -4.15. The summed E-state index contributed by atoms with van der Waals surface area (Å²) in [6.45, 7) is 8.23. The average Bonchev–Trinajstić information content (AvgIpc) is 2.90. The van der Waals surface area contributed by atoms with Crippen LogP contribution in [0.5, 0.6) is 0 Å². The van der Waals surface area contributed by atoms with Crippen LogP contribution < -0.4 is 9.62 Å². The number of halogens is 1. The number of amides is 2. The number of benzene rings is 3. The molecule has 0 aliphatic carbocycles. The molecule has 0 fully saturated rings. The molecule has 0 aliphatic heterocycles. The third-order valence-corrected chi connectivity index (χ3v) is 8.43. The van der Waals surface area contributed by atoms with E-state index in [1.54, 1.807) is 43.3 Å². The summed E-state index contributed by atoms with van der Waals surface area (Å²) in [5.41, 5.74) is 2.24. The molecule has 0 radical (unpaired) electrons. The monoisotopic (exact) mass is 553 g/mol. The van der Waals surface area contributed by atoms with Gasteiger partial charge >= 0.3 is 0 Å². The van der Waals surface area contributed by atoms with Gasteiger partial charge in [-0.2, -0.15) is 0 Å². The maximum atomic E-state index is 14.6. The lowest BCUT2D eigenvalue weighted by Gasteiger charge is -2.32. The Morgan fingerprint density at radius 1 is 0.923 bits per heavy atom. The third-order valence-electron chi connectivity index (χ3n) is 6.64. The Bertz CT molecular complexity index is 1410. The maximum absolute atomic E-state index is 14.6. The molecule has 39 heavy (non-hydrogen) atoms. The zero-order valence-electron chi connectivity index (χ0n) is 23.0. The Hall–Kier alpha value is -3.72. The van der Waals surface area contributed by atoms with Crippen LogP contribution in [-0.2, 0) is 26.2 Å². The molecular weight excluding hydrogens is 517 g/mol. The number of nitrogens with one attached hydrogen (secondary N) is 1. The second-order valence-corrected chi connectivity index (χ2v) is 11.6. The van der Waals surface area contributed by atoms with Crippen LogP contribution in [-0.4, -0.2) is 43.8 Å². The van der Waals surface area contributed by atoms with Crippen LogP contribution >= 0.6 is 0 Å². The van der Waals surface area contributed by atoms with Gasteiger partial charge in [0.25, 0.3) is 10.0 Å². The van der Waals surface area contributed by atoms with Crippen LogP contribution in [0.1, 0.15) is 43.9 Å². The Morgan fingerprint density at radius 2 is 1.59 bits per heavy atom. The van der Waals surface area contributed by atoms with E-state index in [1.165, 1.54) is 35.2 Å². The molecule has 0 aliphatic rings. The minimum atomic E-state index is -4.15. The summed E-state index contributed by atoms with van der Waals surface area (Å²) in [5, 5.41) is 2.86. The first kappa shape index (κ1) is 29.8. The topological polar surface area (TPSA) is 86.8 Å².